The Kier molecular flexibility index (Phi) is 3.54. The van der Waals surface area contributed by atoms with E-state index in [0.717, 1.165) is 44.1 Å². The summed E-state index contributed by atoms with van der Waals surface area (Å²) in [5.74, 6) is -0.480. The molecule has 0 unspecified atom stereocenters. The Labute approximate surface area is 154 Å². The molecule has 0 fully saturated rings. The lowest BCUT2D eigenvalue weighted by Crippen LogP contribution is -1.80. The Morgan fingerprint density at radius 3 is 1.22 bits per heavy atom. The van der Waals surface area contributed by atoms with Gasteiger partial charge in [-0.2, -0.15) is 0 Å². The predicted octanol–water partition coefficient (Wildman–Crippen LogP) is 6.93. The van der Waals surface area contributed by atoms with Crippen molar-refractivity contribution >= 4 is 21.8 Å². The molecule has 4 aromatic carbocycles. The molecule has 0 aliphatic carbocycles. The second-order valence-corrected chi connectivity index (χ2v) is 6.66. The van der Waals surface area contributed by atoms with Gasteiger partial charge in [-0.05, 0) is 70.8 Å². The van der Waals surface area contributed by atoms with Crippen molar-refractivity contribution in [2.24, 2.45) is 0 Å². The molecule has 0 aliphatic rings. The van der Waals surface area contributed by atoms with Crippen molar-refractivity contribution in [1.29, 1.82) is 0 Å². The molecule has 1 nitrogen and oxygen atoms in total. The lowest BCUT2D eigenvalue weighted by Gasteiger charge is -2.04. The van der Waals surface area contributed by atoms with Crippen LogP contribution in [0.5, 0.6) is 0 Å². The summed E-state index contributed by atoms with van der Waals surface area (Å²) in [4.78, 5) is 3.43. The summed E-state index contributed by atoms with van der Waals surface area (Å²) in [5.41, 5.74) is 6.12. The number of benzene rings is 4. The number of halogens is 2. The van der Waals surface area contributed by atoms with Crippen LogP contribution in [0.15, 0.2) is 84.9 Å². The maximum absolute atomic E-state index is 13.2. The zero-order valence-corrected chi connectivity index (χ0v) is 14.3. The van der Waals surface area contributed by atoms with E-state index in [0.29, 0.717) is 0 Å². The number of nitrogens with one attached hydrogen (secondary N) is 1. The van der Waals surface area contributed by atoms with Crippen molar-refractivity contribution in [3.8, 4) is 22.3 Å². The standard InChI is InChI=1S/C24H15F2N/c25-19-7-1-15(2-8-19)17-5-11-23-21(13-17)22-14-18(6-12-24(22)27-23)16-3-9-20(26)10-4-16/h1-14,27H. The highest BCUT2D eigenvalue weighted by Gasteiger charge is 2.08. The molecule has 0 spiro atoms. The molecule has 0 bridgehead atoms. The predicted molar refractivity (Wildman–Crippen MR) is 107 cm³/mol. The topological polar surface area (TPSA) is 15.8 Å². The Morgan fingerprint density at radius 2 is 0.815 bits per heavy atom. The molecule has 1 heterocycles. The van der Waals surface area contributed by atoms with Crippen molar-refractivity contribution in [3.05, 3.63) is 96.6 Å². The first-order valence-corrected chi connectivity index (χ1v) is 8.75. The third kappa shape index (κ3) is 2.77. The molecule has 1 N–H and O–H groups in total. The zero-order chi connectivity index (χ0) is 18.4. The molecule has 0 saturated heterocycles. The van der Waals surface area contributed by atoms with Crippen LogP contribution >= 0.6 is 0 Å². The van der Waals surface area contributed by atoms with Gasteiger partial charge in [0.25, 0.3) is 0 Å². The summed E-state index contributed by atoms with van der Waals surface area (Å²) in [5, 5.41) is 2.21. The van der Waals surface area contributed by atoms with Gasteiger partial charge in [0.2, 0.25) is 0 Å². The molecule has 0 atom stereocenters. The molecular weight excluding hydrogens is 340 g/mol. The van der Waals surface area contributed by atoms with Crippen LogP contribution in [0.2, 0.25) is 0 Å². The van der Waals surface area contributed by atoms with E-state index in [-0.39, 0.29) is 11.6 Å². The Hall–Kier alpha value is -3.46. The van der Waals surface area contributed by atoms with Gasteiger partial charge in [0.15, 0.2) is 0 Å². The van der Waals surface area contributed by atoms with Gasteiger partial charge in [-0.3, -0.25) is 0 Å². The molecule has 5 rings (SSSR count). The second-order valence-electron chi connectivity index (χ2n) is 6.66. The molecule has 0 radical (unpaired) electrons. The van der Waals surface area contributed by atoms with Crippen molar-refractivity contribution < 1.29 is 8.78 Å². The van der Waals surface area contributed by atoms with E-state index in [4.69, 9.17) is 0 Å². The lowest BCUT2D eigenvalue weighted by molar-refractivity contribution is 0.627. The highest BCUT2D eigenvalue weighted by molar-refractivity contribution is 6.09. The molecule has 0 aliphatic heterocycles. The summed E-state index contributed by atoms with van der Waals surface area (Å²) in [7, 11) is 0. The minimum atomic E-state index is -0.240. The normalized spacial score (nSPS) is 11.3. The third-order valence-electron chi connectivity index (χ3n) is 4.95. The van der Waals surface area contributed by atoms with Gasteiger partial charge in [-0.25, -0.2) is 8.78 Å². The molecule has 5 aromatic rings. The van der Waals surface area contributed by atoms with Crippen molar-refractivity contribution in [1.82, 2.24) is 4.98 Å². The summed E-state index contributed by atoms with van der Waals surface area (Å²) in [6.07, 6.45) is 0. The summed E-state index contributed by atoms with van der Waals surface area (Å²) in [6.45, 7) is 0. The van der Waals surface area contributed by atoms with Crippen LogP contribution in [0.25, 0.3) is 44.1 Å². The molecular formula is C24H15F2N. The number of fused-ring (bicyclic) bond motifs is 3. The maximum atomic E-state index is 13.2. The number of rotatable bonds is 2. The average Bonchev–Trinajstić information content (AvgIpc) is 3.06. The van der Waals surface area contributed by atoms with E-state index in [9.17, 15) is 8.78 Å². The van der Waals surface area contributed by atoms with E-state index in [1.165, 1.54) is 24.3 Å². The summed E-state index contributed by atoms with van der Waals surface area (Å²) in [6, 6.07) is 25.4. The largest absolute Gasteiger partial charge is 0.355 e. The van der Waals surface area contributed by atoms with Gasteiger partial charge in [-0.15, -0.1) is 0 Å². The molecule has 0 amide bonds. The highest BCUT2D eigenvalue weighted by atomic mass is 19.1. The fraction of sp³-hybridized carbons (Fsp3) is 0. The minimum Gasteiger partial charge on any atom is -0.355 e. The van der Waals surface area contributed by atoms with E-state index < -0.39 is 0 Å². The molecule has 0 saturated carbocycles. The van der Waals surface area contributed by atoms with Crippen LogP contribution in [0.1, 0.15) is 0 Å². The SMILES string of the molecule is Fc1ccc(-c2ccc3[nH]c4ccc(-c5ccc(F)cc5)cc4c3c2)cc1. The van der Waals surface area contributed by atoms with Gasteiger partial charge < -0.3 is 4.98 Å². The molecule has 1 aromatic heterocycles. The van der Waals surface area contributed by atoms with Gasteiger partial charge in [-0.1, -0.05) is 36.4 Å². The monoisotopic (exact) mass is 355 g/mol. The third-order valence-corrected chi connectivity index (χ3v) is 4.95. The first-order valence-electron chi connectivity index (χ1n) is 8.75. The van der Waals surface area contributed by atoms with Gasteiger partial charge in [0.1, 0.15) is 11.6 Å². The zero-order valence-electron chi connectivity index (χ0n) is 14.3. The van der Waals surface area contributed by atoms with Crippen LogP contribution < -0.4 is 0 Å². The van der Waals surface area contributed by atoms with Gasteiger partial charge in [0.05, 0.1) is 0 Å². The smallest absolute Gasteiger partial charge is 0.123 e. The fourth-order valence-corrected chi connectivity index (χ4v) is 3.54. The minimum absolute atomic E-state index is 0.240. The summed E-state index contributed by atoms with van der Waals surface area (Å²) < 4.78 is 26.4. The van der Waals surface area contributed by atoms with Crippen LogP contribution in [0.3, 0.4) is 0 Å². The first-order chi connectivity index (χ1) is 13.2. The van der Waals surface area contributed by atoms with E-state index in [2.05, 4.69) is 17.1 Å². The summed E-state index contributed by atoms with van der Waals surface area (Å²) >= 11 is 0. The lowest BCUT2D eigenvalue weighted by atomic mass is 10.0. The quantitative estimate of drug-likeness (QED) is 0.353. The van der Waals surface area contributed by atoms with E-state index in [1.54, 1.807) is 24.3 Å². The number of hydrogen-bond acceptors (Lipinski definition) is 0. The molecule has 27 heavy (non-hydrogen) atoms. The maximum Gasteiger partial charge on any atom is 0.123 e. The van der Waals surface area contributed by atoms with E-state index in [1.807, 2.05) is 24.3 Å². The Bertz CT molecular complexity index is 1170. The van der Waals surface area contributed by atoms with Crippen LogP contribution in [-0.4, -0.2) is 4.98 Å². The first kappa shape index (κ1) is 15.8. The molecule has 3 heteroatoms. The second kappa shape index (κ2) is 6.06. The van der Waals surface area contributed by atoms with Crippen LogP contribution in [-0.2, 0) is 0 Å². The fourth-order valence-electron chi connectivity index (χ4n) is 3.54. The Morgan fingerprint density at radius 1 is 0.444 bits per heavy atom. The average molecular weight is 355 g/mol. The van der Waals surface area contributed by atoms with Gasteiger partial charge in [0, 0.05) is 21.8 Å². The number of H-pyrrole nitrogens is 1. The van der Waals surface area contributed by atoms with Crippen molar-refractivity contribution in [3.63, 3.8) is 0 Å². The number of aromatic nitrogens is 1. The highest BCUT2D eigenvalue weighted by Crippen LogP contribution is 2.33. The van der Waals surface area contributed by atoms with Crippen LogP contribution in [0.4, 0.5) is 8.78 Å². The van der Waals surface area contributed by atoms with Crippen LogP contribution in [0, 0.1) is 11.6 Å². The van der Waals surface area contributed by atoms with Gasteiger partial charge >= 0.3 is 0 Å². The Balaban J connectivity index is 1.68. The van der Waals surface area contributed by atoms with E-state index >= 15 is 0 Å². The number of hydrogen-bond donors (Lipinski definition) is 1. The van der Waals surface area contributed by atoms with Crippen molar-refractivity contribution in [2.45, 2.75) is 0 Å². The number of aromatic amines is 1. The molecule has 130 valence electrons. The van der Waals surface area contributed by atoms with Crippen molar-refractivity contribution in [2.75, 3.05) is 0 Å².